The molecule has 0 spiro atoms. The van der Waals surface area contributed by atoms with Crippen LogP contribution in [0.4, 0.5) is 0 Å². The Bertz CT molecular complexity index is 1000. The van der Waals surface area contributed by atoms with Crippen LogP contribution in [-0.2, 0) is 34.0 Å². The van der Waals surface area contributed by atoms with Gasteiger partial charge in [0.05, 0.1) is 39.6 Å². The van der Waals surface area contributed by atoms with Crippen LogP contribution in [0.5, 0.6) is 5.75 Å². The summed E-state index contributed by atoms with van der Waals surface area (Å²) in [5.74, 6) is 0.630. The van der Waals surface area contributed by atoms with Crippen molar-refractivity contribution in [2.45, 2.75) is 38.1 Å². The third-order valence-corrected chi connectivity index (χ3v) is 5.96. The molecule has 1 aliphatic carbocycles. The molecule has 5 heteroatoms. The van der Waals surface area contributed by atoms with Gasteiger partial charge in [0, 0.05) is 5.92 Å². The number of ether oxygens (including phenoxy) is 4. The van der Waals surface area contributed by atoms with Crippen molar-refractivity contribution in [3.05, 3.63) is 114 Å². The Balaban J connectivity index is 1.38. The van der Waals surface area contributed by atoms with Gasteiger partial charge >= 0.3 is 0 Å². The highest BCUT2D eigenvalue weighted by atomic mass is 16.5. The van der Waals surface area contributed by atoms with Crippen LogP contribution in [-0.4, -0.2) is 37.1 Å². The third-order valence-electron chi connectivity index (χ3n) is 5.96. The molecule has 3 aromatic carbocycles. The van der Waals surface area contributed by atoms with Gasteiger partial charge in [-0.05, 0) is 28.8 Å². The zero-order valence-electron chi connectivity index (χ0n) is 19.5. The molecule has 0 heterocycles. The van der Waals surface area contributed by atoms with Crippen LogP contribution in [0, 0.1) is 5.92 Å². The lowest BCUT2D eigenvalue weighted by molar-refractivity contribution is -0.138. The second-order valence-electron chi connectivity index (χ2n) is 8.42. The van der Waals surface area contributed by atoms with Crippen molar-refractivity contribution in [1.29, 1.82) is 0 Å². The molecule has 0 fully saturated rings. The Labute approximate surface area is 201 Å². The lowest BCUT2D eigenvalue weighted by atomic mass is 9.88. The van der Waals surface area contributed by atoms with Crippen LogP contribution in [0.2, 0.25) is 0 Å². The normalized spacial score (nSPS) is 21.9. The van der Waals surface area contributed by atoms with Crippen LogP contribution < -0.4 is 4.74 Å². The fourth-order valence-corrected chi connectivity index (χ4v) is 3.98. The predicted molar refractivity (Wildman–Crippen MR) is 131 cm³/mol. The molecule has 4 unspecified atom stereocenters. The zero-order chi connectivity index (χ0) is 23.6. The highest BCUT2D eigenvalue weighted by molar-refractivity contribution is 5.26. The molecule has 3 aromatic rings. The Morgan fingerprint density at radius 1 is 0.676 bits per heavy atom. The van der Waals surface area contributed by atoms with Gasteiger partial charge in [0.2, 0.25) is 0 Å². The molecule has 178 valence electrons. The Hall–Kier alpha value is -2.96. The van der Waals surface area contributed by atoms with Crippen molar-refractivity contribution < 1.29 is 24.1 Å². The van der Waals surface area contributed by atoms with Gasteiger partial charge in [0.15, 0.2) is 0 Å². The van der Waals surface area contributed by atoms with E-state index in [1.165, 1.54) is 0 Å². The van der Waals surface area contributed by atoms with Crippen molar-refractivity contribution in [2.24, 2.45) is 5.92 Å². The summed E-state index contributed by atoms with van der Waals surface area (Å²) < 4.78 is 23.5. The van der Waals surface area contributed by atoms with E-state index in [9.17, 15) is 5.11 Å². The van der Waals surface area contributed by atoms with E-state index < -0.39 is 12.2 Å². The molecular weight excluding hydrogens is 428 g/mol. The van der Waals surface area contributed by atoms with Gasteiger partial charge in [-0.3, -0.25) is 0 Å². The summed E-state index contributed by atoms with van der Waals surface area (Å²) in [4.78, 5) is 0. The zero-order valence-corrected chi connectivity index (χ0v) is 19.5. The van der Waals surface area contributed by atoms with Gasteiger partial charge in [-0.2, -0.15) is 0 Å². The highest BCUT2D eigenvalue weighted by Gasteiger charge is 2.37. The molecule has 1 aliphatic rings. The van der Waals surface area contributed by atoms with Gasteiger partial charge < -0.3 is 24.1 Å². The van der Waals surface area contributed by atoms with E-state index >= 15 is 0 Å². The second-order valence-corrected chi connectivity index (χ2v) is 8.42. The Morgan fingerprint density at radius 2 is 1.26 bits per heavy atom. The third kappa shape index (κ3) is 6.78. The van der Waals surface area contributed by atoms with Gasteiger partial charge in [-0.25, -0.2) is 0 Å². The summed E-state index contributed by atoms with van der Waals surface area (Å²) in [5, 5.41) is 11.2. The maximum absolute atomic E-state index is 11.2. The molecular formula is C29H32O5. The van der Waals surface area contributed by atoms with Gasteiger partial charge in [-0.15, -0.1) is 0 Å². The molecule has 0 amide bonds. The van der Waals surface area contributed by atoms with Crippen molar-refractivity contribution in [1.82, 2.24) is 0 Å². The number of aliphatic hydroxyl groups excluding tert-OH is 1. The minimum Gasteiger partial charge on any atom is -0.497 e. The molecule has 0 aromatic heterocycles. The van der Waals surface area contributed by atoms with E-state index in [-0.39, 0.29) is 12.0 Å². The fraction of sp³-hybridized carbons (Fsp3) is 0.310. The minimum atomic E-state index is -0.745. The summed E-state index contributed by atoms with van der Waals surface area (Å²) in [6.07, 6.45) is 2.38. The van der Waals surface area contributed by atoms with E-state index in [4.69, 9.17) is 18.9 Å². The topological polar surface area (TPSA) is 57.2 Å². The quantitative estimate of drug-likeness (QED) is 0.411. The fourth-order valence-electron chi connectivity index (χ4n) is 3.98. The minimum absolute atomic E-state index is 0.185. The van der Waals surface area contributed by atoms with Crippen LogP contribution >= 0.6 is 0 Å². The average Bonchev–Trinajstić information content (AvgIpc) is 2.89. The van der Waals surface area contributed by atoms with Gasteiger partial charge in [0.1, 0.15) is 18.0 Å². The summed E-state index contributed by atoms with van der Waals surface area (Å²) in [6.45, 7) is 1.71. The molecule has 0 aliphatic heterocycles. The number of methoxy groups -OCH3 is 1. The lowest BCUT2D eigenvalue weighted by Gasteiger charge is -2.36. The molecule has 0 saturated carbocycles. The highest BCUT2D eigenvalue weighted by Crippen LogP contribution is 2.26. The second kappa shape index (κ2) is 12.5. The first-order chi connectivity index (χ1) is 16.7. The van der Waals surface area contributed by atoms with E-state index in [1.54, 1.807) is 7.11 Å². The molecule has 5 nitrogen and oxygen atoms in total. The van der Waals surface area contributed by atoms with Gasteiger partial charge in [-0.1, -0.05) is 84.9 Å². The first-order valence-electron chi connectivity index (χ1n) is 11.6. The molecule has 0 bridgehead atoms. The summed E-state index contributed by atoms with van der Waals surface area (Å²) >= 11 is 0. The number of aliphatic hydroxyl groups is 1. The van der Waals surface area contributed by atoms with E-state index in [0.29, 0.717) is 26.4 Å². The lowest BCUT2D eigenvalue weighted by Crippen LogP contribution is -2.47. The molecule has 0 saturated heterocycles. The van der Waals surface area contributed by atoms with Crippen molar-refractivity contribution in [3.63, 3.8) is 0 Å². The van der Waals surface area contributed by atoms with E-state index in [0.717, 1.165) is 22.4 Å². The molecule has 0 radical (unpaired) electrons. The number of hydrogen-bond donors (Lipinski definition) is 1. The van der Waals surface area contributed by atoms with Crippen LogP contribution in [0.3, 0.4) is 0 Å². The monoisotopic (exact) mass is 460 g/mol. The predicted octanol–water partition coefficient (Wildman–Crippen LogP) is 4.93. The van der Waals surface area contributed by atoms with Crippen molar-refractivity contribution in [3.8, 4) is 5.75 Å². The first kappa shape index (κ1) is 24.2. The number of hydrogen-bond acceptors (Lipinski definition) is 5. The van der Waals surface area contributed by atoms with Crippen LogP contribution in [0.25, 0.3) is 0 Å². The van der Waals surface area contributed by atoms with E-state index in [2.05, 4.69) is 0 Å². The number of rotatable bonds is 11. The average molecular weight is 461 g/mol. The Kier molecular flexibility index (Phi) is 8.88. The summed E-state index contributed by atoms with van der Waals surface area (Å²) in [5.41, 5.74) is 3.19. The smallest absolute Gasteiger partial charge is 0.118 e. The van der Waals surface area contributed by atoms with Crippen molar-refractivity contribution in [2.75, 3.05) is 13.7 Å². The number of benzene rings is 3. The maximum atomic E-state index is 11.2. The van der Waals surface area contributed by atoms with Crippen molar-refractivity contribution >= 4 is 0 Å². The molecule has 34 heavy (non-hydrogen) atoms. The van der Waals surface area contributed by atoms with E-state index in [1.807, 2.05) is 97.1 Å². The standard InChI is InChI=1S/C29H32O5/c1-31-26-15-12-24(13-16-26)18-32-21-25-14-17-27(33-19-22-8-4-2-5-9-22)29(28(25)30)34-20-23-10-6-3-7-11-23/h2-17,25,27-30H,18-21H2,1H3. The molecule has 4 atom stereocenters. The molecule has 1 N–H and O–H groups in total. The SMILES string of the molecule is COc1ccc(COCC2C=CC(OCc3ccccc3)C(OCc3ccccc3)C2O)cc1. The van der Waals surface area contributed by atoms with Crippen LogP contribution in [0.1, 0.15) is 16.7 Å². The van der Waals surface area contributed by atoms with Crippen LogP contribution in [0.15, 0.2) is 97.1 Å². The Morgan fingerprint density at radius 3 is 1.88 bits per heavy atom. The summed E-state index contributed by atoms with van der Waals surface area (Å²) in [6, 6.07) is 27.8. The first-order valence-corrected chi connectivity index (χ1v) is 11.6. The largest absolute Gasteiger partial charge is 0.497 e. The van der Waals surface area contributed by atoms with Gasteiger partial charge in [0.25, 0.3) is 0 Å². The summed E-state index contributed by atoms with van der Waals surface area (Å²) in [7, 11) is 1.65. The maximum Gasteiger partial charge on any atom is 0.118 e. The molecule has 4 rings (SSSR count).